The second-order valence-electron chi connectivity index (χ2n) is 0. The van der Waals surface area contributed by atoms with Gasteiger partial charge >= 0.3 is 0 Å². The predicted octanol–water partition coefficient (Wildman–Crippen LogP) is 1.58. The molecular formula is C2H10O2Pt. The molecule has 0 aliphatic heterocycles. The van der Waals surface area contributed by atoms with Crippen LogP contribution < -0.4 is 0 Å². The van der Waals surface area contributed by atoms with E-state index >= 15 is 0 Å². The first kappa shape index (κ1) is 58.6. The van der Waals surface area contributed by atoms with Crippen LogP contribution in [0.2, 0.25) is 0 Å². The van der Waals surface area contributed by atoms with Crippen LogP contribution in [0.3, 0.4) is 0 Å². The topological polar surface area (TPSA) is 34.1 Å². The van der Waals surface area contributed by atoms with Gasteiger partial charge in [0.1, 0.15) is 0 Å². The summed E-state index contributed by atoms with van der Waals surface area (Å²) in [5.41, 5.74) is 0. The molecule has 0 heterocycles. The van der Waals surface area contributed by atoms with E-state index in [9.17, 15) is 0 Å². The molecule has 0 saturated heterocycles. The van der Waals surface area contributed by atoms with Crippen LogP contribution in [0, 0.1) is 9.93 Å². The van der Waals surface area contributed by atoms with Crippen LogP contribution in [-0.2, 0) is 21.1 Å². The molecule has 3 heteroatoms. The summed E-state index contributed by atoms with van der Waals surface area (Å²) in [5, 5.41) is 0. The molecule has 0 aromatic carbocycles. The Hall–Kier alpha value is 0.288. The van der Waals surface area contributed by atoms with Gasteiger partial charge in [0.15, 0.2) is 0 Å². The Balaban J connectivity index is -0.000000000833. The minimum Gasteiger partial charge on any atom is -0.0776 e. The van der Waals surface area contributed by atoms with Gasteiger partial charge in [0, 0.05) is 32.4 Å². The standard InChI is InChI=1S/2CH4.O2.Pt.H2/c;;1-2;;/h2*1H4;;;1H. The van der Waals surface area contributed by atoms with E-state index in [0.29, 0.717) is 0 Å². The fourth-order valence-corrected chi connectivity index (χ4v) is 0. The molecule has 0 fully saturated rings. The average molecular weight is 261 g/mol. The minimum atomic E-state index is 0. The molecule has 0 amide bonds. The van der Waals surface area contributed by atoms with Crippen molar-refractivity contribution in [2.45, 2.75) is 14.9 Å². The smallest absolute Gasteiger partial charge is 0 e. The molecule has 0 aliphatic carbocycles. The predicted molar refractivity (Wildman–Crippen MR) is 22.3 cm³/mol. The normalized spacial score (nSPS) is 0.800. The largest absolute Gasteiger partial charge is 0.0776 e. The zero-order valence-electron chi connectivity index (χ0n) is 1.13. The van der Waals surface area contributed by atoms with Gasteiger partial charge in [-0.2, -0.15) is 0 Å². The van der Waals surface area contributed by atoms with Crippen LogP contribution in [0.4, 0.5) is 0 Å². The van der Waals surface area contributed by atoms with E-state index in [1.165, 1.54) is 0 Å². The molecule has 0 aromatic rings. The Morgan fingerprint density at radius 3 is 1.00 bits per heavy atom. The van der Waals surface area contributed by atoms with E-state index in [1.54, 1.807) is 0 Å². The van der Waals surface area contributed by atoms with E-state index in [1.807, 2.05) is 0 Å². The van der Waals surface area contributed by atoms with Crippen molar-refractivity contribution in [3.8, 4) is 0 Å². The molecule has 0 saturated carbocycles. The SMILES string of the molecule is C.C.O=O.[HH].[Pt]. The summed E-state index contributed by atoms with van der Waals surface area (Å²) < 4.78 is 0. The molecule has 40 valence electrons. The van der Waals surface area contributed by atoms with Crippen LogP contribution >= 0.6 is 0 Å². The van der Waals surface area contributed by atoms with Crippen LogP contribution in [0.25, 0.3) is 0 Å². The van der Waals surface area contributed by atoms with Gasteiger partial charge in [0.2, 0.25) is 0 Å². The summed E-state index contributed by atoms with van der Waals surface area (Å²) in [6.07, 6.45) is 0. The van der Waals surface area contributed by atoms with Crippen molar-refractivity contribution in [1.82, 2.24) is 0 Å². The van der Waals surface area contributed by atoms with Crippen molar-refractivity contribution >= 4 is 0 Å². The molecule has 0 bridgehead atoms. The zero-order valence-corrected chi connectivity index (χ0v) is 3.40. The summed E-state index contributed by atoms with van der Waals surface area (Å²) in [6, 6.07) is 0. The Morgan fingerprint density at radius 2 is 1.00 bits per heavy atom. The Bertz CT molecular complexity index is 11.5. The van der Waals surface area contributed by atoms with Crippen LogP contribution in [0.5, 0.6) is 0 Å². The number of hydrogen-bond acceptors (Lipinski definition) is 2. The number of rotatable bonds is 0. The van der Waals surface area contributed by atoms with Gasteiger partial charge in [-0.15, -0.1) is 0 Å². The van der Waals surface area contributed by atoms with E-state index in [4.69, 9.17) is 9.93 Å². The second kappa shape index (κ2) is 558. The Kier molecular flexibility index (Phi) is 6540. The summed E-state index contributed by atoms with van der Waals surface area (Å²) in [6.45, 7) is 0. The molecule has 0 rings (SSSR count). The van der Waals surface area contributed by atoms with Crippen LogP contribution in [-0.4, -0.2) is 0 Å². The van der Waals surface area contributed by atoms with Crippen molar-refractivity contribution in [1.29, 1.82) is 0 Å². The third-order valence-corrected chi connectivity index (χ3v) is 0. The van der Waals surface area contributed by atoms with Crippen molar-refractivity contribution in [3.63, 3.8) is 0 Å². The maximum Gasteiger partial charge on any atom is 0 e. The van der Waals surface area contributed by atoms with E-state index in [0.717, 1.165) is 0 Å². The molecule has 0 aromatic heterocycles. The quantitative estimate of drug-likeness (QED) is 0.663. The first-order valence-electron chi connectivity index (χ1n) is 0.167. The van der Waals surface area contributed by atoms with E-state index in [2.05, 4.69) is 0 Å². The van der Waals surface area contributed by atoms with Gasteiger partial charge < -0.3 is 0 Å². The monoisotopic (exact) mass is 261 g/mol. The first-order chi connectivity index (χ1) is 1.00. The van der Waals surface area contributed by atoms with Gasteiger partial charge in [0.25, 0.3) is 0 Å². The second-order valence-corrected chi connectivity index (χ2v) is 0. The zero-order chi connectivity index (χ0) is 2.00. The fraction of sp³-hybridized carbons (Fsp3) is 1.00. The summed E-state index contributed by atoms with van der Waals surface area (Å²) in [7, 11) is 0. The van der Waals surface area contributed by atoms with Gasteiger partial charge in [-0.3, -0.25) is 0 Å². The van der Waals surface area contributed by atoms with Crippen molar-refractivity contribution < 1.29 is 22.5 Å². The number of hydrogen-bond donors (Lipinski definition) is 0. The van der Waals surface area contributed by atoms with Gasteiger partial charge in [-0.25, -0.2) is 0 Å². The van der Waals surface area contributed by atoms with Crippen LogP contribution in [0.15, 0.2) is 0 Å². The summed E-state index contributed by atoms with van der Waals surface area (Å²) in [4.78, 5) is 14.0. The molecular weight excluding hydrogens is 251 g/mol. The average Bonchev–Trinajstić information content (AvgIpc) is 1.00. The maximum atomic E-state index is 7.00. The van der Waals surface area contributed by atoms with Gasteiger partial charge in [-0.05, 0) is 0 Å². The van der Waals surface area contributed by atoms with Crippen molar-refractivity contribution in [3.05, 3.63) is 9.93 Å². The van der Waals surface area contributed by atoms with Crippen molar-refractivity contribution in [2.24, 2.45) is 0 Å². The molecule has 0 radical (unpaired) electrons. The van der Waals surface area contributed by atoms with Gasteiger partial charge in [-0.1, -0.05) is 14.9 Å². The van der Waals surface area contributed by atoms with Crippen LogP contribution in [0.1, 0.15) is 16.3 Å². The van der Waals surface area contributed by atoms with E-state index in [-0.39, 0.29) is 37.3 Å². The van der Waals surface area contributed by atoms with Crippen molar-refractivity contribution in [2.75, 3.05) is 0 Å². The summed E-state index contributed by atoms with van der Waals surface area (Å²) in [5.74, 6) is 0. The Labute approximate surface area is 47.9 Å². The molecule has 0 spiro atoms. The fourth-order valence-electron chi connectivity index (χ4n) is 0. The molecule has 5 heavy (non-hydrogen) atoms. The molecule has 0 atom stereocenters. The Morgan fingerprint density at radius 1 is 1.00 bits per heavy atom. The molecule has 0 aliphatic rings. The van der Waals surface area contributed by atoms with E-state index < -0.39 is 0 Å². The minimum absolute atomic E-state index is 0. The maximum absolute atomic E-state index is 7.00. The third-order valence-electron chi connectivity index (χ3n) is 0. The molecule has 2 nitrogen and oxygen atoms in total. The van der Waals surface area contributed by atoms with Gasteiger partial charge in [0.05, 0.1) is 0 Å². The first-order valence-corrected chi connectivity index (χ1v) is 0.167. The third kappa shape index (κ3) is 270. The molecule has 0 N–H and O–H groups in total. The summed E-state index contributed by atoms with van der Waals surface area (Å²) >= 11 is 0. The molecule has 0 unspecified atom stereocenters.